The summed E-state index contributed by atoms with van der Waals surface area (Å²) in [5.41, 5.74) is 5.44. The maximum atomic E-state index is 13.0. The molecule has 0 aliphatic rings. The lowest BCUT2D eigenvalue weighted by molar-refractivity contribution is 0.0684. The minimum Gasteiger partial charge on any atom is -0.395 e. The molecule has 0 saturated carbocycles. The van der Waals surface area contributed by atoms with E-state index in [2.05, 4.69) is 41.0 Å². The van der Waals surface area contributed by atoms with Gasteiger partial charge in [0.2, 0.25) is 0 Å². The lowest BCUT2D eigenvalue weighted by Gasteiger charge is -2.20. The Hall–Kier alpha value is -4.47. The fourth-order valence-electron chi connectivity index (χ4n) is 4.56. The average Bonchev–Trinajstić information content (AvgIpc) is 2.98. The molecule has 9 nitrogen and oxygen atoms in total. The predicted molar refractivity (Wildman–Crippen MR) is 162 cm³/mol. The number of carbonyl (C=O) groups is 2. The zero-order chi connectivity index (χ0) is 30.3. The number of carbonyl (C=O) groups excluding carboxylic acids is 2. The zero-order valence-corrected chi connectivity index (χ0v) is 24.5. The molecular formula is C33H37N5O4. The summed E-state index contributed by atoms with van der Waals surface area (Å²) < 4.78 is 0. The number of aliphatic hydroxyl groups is 2. The third kappa shape index (κ3) is 7.43. The largest absolute Gasteiger partial charge is 0.395 e. The van der Waals surface area contributed by atoms with E-state index in [1.165, 1.54) is 11.2 Å². The first-order valence-corrected chi connectivity index (χ1v) is 13.9. The van der Waals surface area contributed by atoms with Crippen LogP contribution in [0.3, 0.4) is 0 Å². The van der Waals surface area contributed by atoms with Gasteiger partial charge in [-0.3, -0.25) is 9.59 Å². The maximum absolute atomic E-state index is 13.0. The molecule has 2 amide bonds. The van der Waals surface area contributed by atoms with E-state index in [1.54, 1.807) is 12.1 Å². The molecule has 0 spiro atoms. The Labute approximate surface area is 246 Å². The van der Waals surface area contributed by atoms with Gasteiger partial charge < -0.3 is 20.4 Å². The lowest BCUT2D eigenvalue weighted by Crippen LogP contribution is -2.35. The highest BCUT2D eigenvalue weighted by Gasteiger charge is 2.17. The number of nitrogens with one attached hydrogen (secondary N) is 1. The third-order valence-electron chi connectivity index (χ3n) is 7.05. The van der Waals surface area contributed by atoms with E-state index in [4.69, 9.17) is 0 Å². The second-order valence-electron chi connectivity index (χ2n) is 11.1. The van der Waals surface area contributed by atoms with Crippen molar-refractivity contribution in [3.8, 4) is 11.4 Å². The predicted octanol–water partition coefficient (Wildman–Crippen LogP) is 4.41. The summed E-state index contributed by atoms with van der Waals surface area (Å²) in [5.74, 6) is 0.619. The molecule has 0 saturated heterocycles. The zero-order valence-electron chi connectivity index (χ0n) is 24.5. The van der Waals surface area contributed by atoms with Gasteiger partial charge >= 0.3 is 0 Å². The van der Waals surface area contributed by atoms with E-state index >= 15 is 0 Å². The summed E-state index contributed by atoms with van der Waals surface area (Å²) in [6.07, 6.45) is 1.90. The lowest BCUT2D eigenvalue weighted by atomic mass is 9.86. The van der Waals surface area contributed by atoms with Crippen molar-refractivity contribution in [3.05, 3.63) is 107 Å². The molecule has 1 heterocycles. The number of nitrogens with zero attached hydrogens (tertiary/aromatic N) is 4. The van der Waals surface area contributed by atoms with Gasteiger partial charge in [0.1, 0.15) is 12.2 Å². The number of aliphatic hydroxyl groups excluding tert-OH is 2. The number of anilines is 1. The van der Waals surface area contributed by atoms with Gasteiger partial charge in [0.15, 0.2) is 5.82 Å². The molecule has 9 heteroatoms. The Balaban J connectivity index is 1.48. The Morgan fingerprint density at radius 3 is 2.12 bits per heavy atom. The first kappa shape index (κ1) is 30.5. The van der Waals surface area contributed by atoms with Crippen LogP contribution in [0, 0.1) is 6.92 Å². The quantitative estimate of drug-likeness (QED) is 0.259. The smallest absolute Gasteiger partial charge is 0.255 e. The molecule has 1 aromatic heterocycles. The molecule has 4 aromatic rings. The Kier molecular flexibility index (Phi) is 9.77. The van der Waals surface area contributed by atoms with Crippen molar-refractivity contribution in [2.24, 2.45) is 0 Å². The second kappa shape index (κ2) is 13.5. The summed E-state index contributed by atoms with van der Waals surface area (Å²) in [7, 11) is 0. The van der Waals surface area contributed by atoms with E-state index in [0.29, 0.717) is 34.9 Å². The van der Waals surface area contributed by atoms with E-state index in [9.17, 15) is 19.8 Å². The van der Waals surface area contributed by atoms with Gasteiger partial charge in [0, 0.05) is 41.9 Å². The van der Waals surface area contributed by atoms with Gasteiger partial charge in [-0.1, -0.05) is 57.2 Å². The van der Waals surface area contributed by atoms with Crippen LogP contribution >= 0.6 is 0 Å². The van der Waals surface area contributed by atoms with E-state index in [1.807, 2.05) is 61.5 Å². The SMILES string of the molecule is Cc1c(NC(=O)c2ccc(C(C)(C)C)cc2)cccc1-c1ncnc(Cc2ccc(C(=O)N(CCO)CCO)cc2)n1. The summed E-state index contributed by atoms with van der Waals surface area (Å²) in [5, 5.41) is 21.4. The monoisotopic (exact) mass is 567 g/mol. The highest BCUT2D eigenvalue weighted by atomic mass is 16.3. The van der Waals surface area contributed by atoms with Crippen LogP contribution in [0.2, 0.25) is 0 Å². The summed E-state index contributed by atoms with van der Waals surface area (Å²) >= 11 is 0. The van der Waals surface area contributed by atoms with E-state index < -0.39 is 0 Å². The van der Waals surface area contributed by atoms with Crippen LogP contribution in [-0.4, -0.2) is 68.2 Å². The number of aromatic nitrogens is 3. The molecule has 218 valence electrons. The standard InChI is InChI=1S/C33H37N5O4/c1-22-27(6-5-7-28(22)36-31(41)24-12-14-26(15-13-24)33(2,3)4)30-35-21-34-29(37-30)20-23-8-10-25(11-9-23)32(42)38(16-18-39)17-19-40/h5-15,21,39-40H,16-20H2,1-4H3,(H,36,41). The molecule has 0 aliphatic carbocycles. The van der Waals surface area contributed by atoms with Crippen molar-refractivity contribution < 1.29 is 19.8 Å². The second-order valence-corrected chi connectivity index (χ2v) is 11.1. The van der Waals surface area contributed by atoms with Crippen molar-refractivity contribution in [2.75, 3.05) is 31.6 Å². The van der Waals surface area contributed by atoms with Crippen molar-refractivity contribution >= 4 is 17.5 Å². The third-order valence-corrected chi connectivity index (χ3v) is 7.05. The van der Waals surface area contributed by atoms with Crippen molar-refractivity contribution in [2.45, 2.75) is 39.5 Å². The van der Waals surface area contributed by atoms with Crippen LogP contribution in [0.15, 0.2) is 73.1 Å². The molecular weight excluding hydrogens is 530 g/mol. The van der Waals surface area contributed by atoms with Gasteiger partial charge in [0.25, 0.3) is 11.8 Å². The van der Waals surface area contributed by atoms with E-state index in [0.717, 1.165) is 22.3 Å². The Morgan fingerprint density at radius 1 is 0.857 bits per heavy atom. The molecule has 0 bridgehead atoms. The van der Waals surface area contributed by atoms with E-state index in [-0.39, 0.29) is 43.5 Å². The molecule has 0 aliphatic heterocycles. The average molecular weight is 568 g/mol. The van der Waals surface area contributed by atoms with Crippen LogP contribution in [0.5, 0.6) is 0 Å². The Morgan fingerprint density at radius 2 is 1.50 bits per heavy atom. The summed E-state index contributed by atoms with van der Waals surface area (Å²) in [6.45, 7) is 8.29. The first-order chi connectivity index (χ1) is 20.1. The highest BCUT2D eigenvalue weighted by molar-refractivity contribution is 6.05. The molecule has 0 radical (unpaired) electrons. The van der Waals surface area contributed by atoms with Crippen molar-refractivity contribution in [3.63, 3.8) is 0 Å². The number of benzene rings is 3. The molecule has 4 rings (SSSR count). The van der Waals surface area contributed by atoms with Crippen LogP contribution < -0.4 is 5.32 Å². The summed E-state index contributed by atoms with van der Waals surface area (Å²) in [6, 6.07) is 20.4. The van der Waals surface area contributed by atoms with Gasteiger partial charge in [0.05, 0.1) is 13.2 Å². The molecule has 0 fully saturated rings. The first-order valence-electron chi connectivity index (χ1n) is 13.9. The number of rotatable bonds is 10. The number of hydrogen-bond donors (Lipinski definition) is 3. The fraction of sp³-hybridized carbons (Fsp3) is 0.303. The number of hydrogen-bond acceptors (Lipinski definition) is 7. The van der Waals surface area contributed by atoms with Crippen LogP contribution in [-0.2, 0) is 11.8 Å². The molecule has 0 atom stereocenters. The van der Waals surface area contributed by atoms with Gasteiger partial charge in [-0.15, -0.1) is 0 Å². The Bertz CT molecular complexity index is 1520. The molecule has 3 N–H and O–H groups in total. The highest BCUT2D eigenvalue weighted by Crippen LogP contribution is 2.27. The van der Waals surface area contributed by atoms with Gasteiger partial charge in [-0.25, -0.2) is 15.0 Å². The fourth-order valence-corrected chi connectivity index (χ4v) is 4.56. The van der Waals surface area contributed by atoms with Crippen LogP contribution in [0.4, 0.5) is 5.69 Å². The van der Waals surface area contributed by atoms with Crippen LogP contribution in [0.1, 0.15) is 64.0 Å². The van der Waals surface area contributed by atoms with Crippen molar-refractivity contribution in [1.29, 1.82) is 0 Å². The molecule has 3 aromatic carbocycles. The van der Waals surface area contributed by atoms with Crippen molar-refractivity contribution in [1.82, 2.24) is 19.9 Å². The van der Waals surface area contributed by atoms with Crippen LogP contribution in [0.25, 0.3) is 11.4 Å². The van der Waals surface area contributed by atoms with Gasteiger partial charge in [-0.2, -0.15) is 0 Å². The topological polar surface area (TPSA) is 129 Å². The molecule has 42 heavy (non-hydrogen) atoms. The summed E-state index contributed by atoms with van der Waals surface area (Å²) in [4.78, 5) is 40.5. The maximum Gasteiger partial charge on any atom is 0.255 e. The normalized spacial score (nSPS) is 11.3. The minimum absolute atomic E-state index is 0.00897. The molecule has 0 unspecified atom stereocenters. The number of amides is 2. The minimum atomic E-state index is -0.253. The van der Waals surface area contributed by atoms with Gasteiger partial charge in [-0.05, 0) is 59.4 Å².